The number of aromatic nitrogens is 1. The van der Waals surface area contributed by atoms with E-state index in [1.54, 1.807) is 0 Å². The van der Waals surface area contributed by atoms with Gasteiger partial charge in [-0.3, -0.25) is 4.98 Å². The highest BCUT2D eigenvalue weighted by atomic mass is 14.9. The molecule has 3 heteroatoms. The summed E-state index contributed by atoms with van der Waals surface area (Å²) in [6.45, 7) is 1.07. The van der Waals surface area contributed by atoms with Crippen molar-refractivity contribution in [2.75, 3.05) is 17.6 Å². The number of nitrogens with two attached hydrogens (primary N) is 1. The minimum Gasteiger partial charge on any atom is -0.399 e. The summed E-state index contributed by atoms with van der Waals surface area (Å²) in [7, 11) is 0. The number of nitrogen functional groups attached to an aromatic ring is 1. The first-order valence-electron chi connectivity index (χ1n) is 5.71. The van der Waals surface area contributed by atoms with Crippen LogP contribution in [0.1, 0.15) is 12.8 Å². The summed E-state index contributed by atoms with van der Waals surface area (Å²) in [5, 5.41) is 4.64. The Balaban J connectivity index is 1.95. The van der Waals surface area contributed by atoms with Crippen LogP contribution < -0.4 is 11.1 Å². The Morgan fingerprint density at radius 1 is 1.31 bits per heavy atom. The normalized spacial score (nSPS) is 15.2. The maximum atomic E-state index is 5.75. The van der Waals surface area contributed by atoms with E-state index in [-0.39, 0.29) is 0 Å². The van der Waals surface area contributed by atoms with Crippen LogP contribution in [0.2, 0.25) is 0 Å². The molecule has 0 bridgehead atoms. The molecule has 1 aliphatic rings. The molecule has 0 radical (unpaired) electrons. The van der Waals surface area contributed by atoms with Crippen LogP contribution in [0.25, 0.3) is 10.9 Å². The first-order valence-corrected chi connectivity index (χ1v) is 5.71. The third kappa shape index (κ3) is 1.81. The van der Waals surface area contributed by atoms with Crippen LogP contribution in [0.3, 0.4) is 0 Å². The van der Waals surface area contributed by atoms with E-state index in [1.165, 1.54) is 12.8 Å². The summed E-state index contributed by atoms with van der Waals surface area (Å²) in [6.07, 6.45) is 4.56. The second kappa shape index (κ2) is 3.67. The fraction of sp³-hybridized carbons (Fsp3) is 0.308. The number of hydrogen-bond donors (Lipinski definition) is 2. The quantitative estimate of drug-likeness (QED) is 0.771. The molecule has 16 heavy (non-hydrogen) atoms. The number of fused-ring (bicyclic) bond motifs is 1. The van der Waals surface area contributed by atoms with E-state index in [1.807, 2.05) is 30.5 Å². The second-order valence-electron chi connectivity index (χ2n) is 4.46. The van der Waals surface area contributed by atoms with Gasteiger partial charge in [0.05, 0.1) is 5.52 Å². The zero-order valence-electron chi connectivity index (χ0n) is 9.11. The van der Waals surface area contributed by atoms with Crippen molar-refractivity contribution < 1.29 is 0 Å². The number of rotatable bonds is 3. The lowest BCUT2D eigenvalue weighted by atomic mass is 10.1. The molecular formula is C13H15N3. The molecule has 3 N–H and O–H groups in total. The molecule has 1 heterocycles. The number of anilines is 2. The Labute approximate surface area is 94.7 Å². The fourth-order valence-electron chi connectivity index (χ4n) is 1.90. The van der Waals surface area contributed by atoms with Crippen LogP contribution in [0.5, 0.6) is 0 Å². The zero-order chi connectivity index (χ0) is 11.0. The average Bonchev–Trinajstić information content (AvgIpc) is 3.09. The molecule has 0 saturated heterocycles. The van der Waals surface area contributed by atoms with Gasteiger partial charge in [-0.15, -0.1) is 0 Å². The predicted octanol–water partition coefficient (Wildman–Crippen LogP) is 2.64. The summed E-state index contributed by atoms with van der Waals surface area (Å²) in [4.78, 5) is 4.33. The average molecular weight is 213 g/mol. The fourth-order valence-corrected chi connectivity index (χ4v) is 1.90. The maximum absolute atomic E-state index is 5.75. The van der Waals surface area contributed by atoms with Gasteiger partial charge in [-0.25, -0.2) is 0 Å². The topological polar surface area (TPSA) is 50.9 Å². The third-order valence-electron chi connectivity index (χ3n) is 3.04. The van der Waals surface area contributed by atoms with Gasteiger partial charge in [-0.2, -0.15) is 0 Å². The molecule has 2 aromatic rings. The van der Waals surface area contributed by atoms with Crippen molar-refractivity contribution in [3.63, 3.8) is 0 Å². The highest BCUT2D eigenvalue weighted by molar-refractivity contribution is 5.92. The number of hydrogen-bond acceptors (Lipinski definition) is 3. The van der Waals surface area contributed by atoms with Crippen molar-refractivity contribution in [2.45, 2.75) is 12.8 Å². The highest BCUT2D eigenvalue weighted by Gasteiger charge is 2.20. The molecule has 1 aliphatic carbocycles. The van der Waals surface area contributed by atoms with Crippen LogP contribution in [-0.4, -0.2) is 11.5 Å². The Hall–Kier alpha value is -1.77. The van der Waals surface area contributed by atoms with Gasteiger partial charge in [0.15, 0.2) is 0 Å². The molecule has 82 valence electrons. The Morgan fingerprint density at radius 2 is 2.19 bits per heavy atom. The van der Waals surface area contributed by atoms with Gasteiger partial charge in [0.25, 0.3) is 0 Å². The van der Waals surface area contributed by atoms with Gasteiger partial charge in [0, 0.05) is 29.5 Å². The van der Waals surface area contributed by atoms with Crippen molar-refractivity contribution in [2.24, 2.45) is 5.92 Å². The molecule has 1 saturated carbocycles. The van der Waals surface area contributed by atoms with Crippen molar-refractivity contribution in [1.29, 1.82) is 0 Å². The Morgan fingerprint density at radius 3 is 3.00 bits per heavy atom. The van der Waals surface area contributed by atoms with Crippen LogP contribution in [0.4, 0.5) is 11.4 Å². The van der Waals surface area contributed by atoms with E-state index >= 15 is 0 Å². The molecule has 0 atom stereocenters. The summed E-state index contributed by atoms with van der Waals surface area (Å²) in [6, 6.07) is 7.90. The standard InChI is InChI=1S/C13H15N3/c14-10-3-4-11-12(16-8-9-1-2-9)5-6-15-13(11)7-10/h3-7,9H,1-2,8,14H2,(H,15,16). The second-order valence-corrected chi connectivity index (χ2v) is 4.46. The van der Waals surface area contributed by atoms with Gasteiger partial charge in [-0.05, 0) is 43.0 Å². The molecule has 3 nitrogen and oxygen atoms in total. The molecule has 3 rings (SSSR count). The molecule has 1 aromatic heterocycles. The summed E-state index contributed by atoms with van der Waals surface area (Å²) in [5.41, 5.74) is 8.63. The minimum atomic E-state index is 0.763. The summed E-state index contributed by atoms with van der Waals surface area (Å²) >= 11 is 0. The maximum Gasteiger partial charge on any atom is 0.0743 e. The SMILES string of the molecule is Nc1ccc2c(NCC3CC3)ccnc2c1. The van der Waals surface area contributed by atoms with E-state index in [0.717, 1.165) is 34.7 Å². The Bertz CT molecular complexity index is 518. The van der Waals surface area contributed by atoms with Crippen LogP contribution in [-0.2, 0) is 0 Å². The predicted molar refractivity (Wildman–Crippen MR) is 67.4 cm³/mol. The number of nitrogens with one attached hydrogen (secondary N) is 1. The van der Waals surface area contributed by atoms with Gasteiger partial charge < -0.3 is 11.1 Å². The first-order chi connectivity index (χ1) is 7.83. The van der Waals surface area contributed by atoms with Crippen LogP contribution >= 0.6 is 0 Å². The largest absolute Gasteiger partial charge is 0.399 e. The van der Waals surface area contributed by atoms with E-state index in [0.29, 0.717) is 0 Å². The van der Waals surface area contributed by atoms with Gasteiger partial charge in [0.1, 0.15) is 0 Å². The van der Waals surface area contributed by atoms with Crippen molar-refractivity contribution in [3.05, 3.63) is 30.5 Å². The third-order valence-corrected chi connectivity index (χ3v) is 3.04. The molecular weight excluding hydrogens is 198 g/mol. The lowest BCUT2D eigenvalue weighted by molar-refractivity contribution is 0.890. The summed E-state index contributed by atoms with van der Waals surface area (Å²) < 4.78 is 0. The van der Waals surface area contributed by atoms with Gasteiger partial charge in [-0.1, -0.05) is 0 Å². The number of nitrogens with zero attached hydrogens (tertiary/aromatic N) is 1. The van der Waals surface area contributed by atoms with Crippen molar-refractivity contribution in [1.82, 2.24) is 4.98 Å². The van der Waals surface area contributed by atoms with E-state index < -0.39 is 0 Å². The number of pyridine rings is 1. The lowest BCUT2D eigenvalue weighted by Gasteiger charge is -2.08. The van der Waals surface area contributed by atoms with Gasteiger partial charge >= 0.3 is 0 Å². The molecule has 0 amide bonds. The van der Waals surface area contributed by atoms with Gasteiger partial charge in [0.2, 0.25) is 0 Å². The van der Waals surface area contributed by atoms with Crippen molar-refractivity contribution in [3.8, 4) is 0 Å². The molecule has 0 unspecified atom stereocenters. The van der Waals surface area contributed by atoms with E-state index in [4.69, 9.17) is 5.73 Å². The zero-order valence-corrected chi connectivity index (χ0v) is 9.11. The first kappa shape index (κ1) is 9.46. The molecule has 1 aromatic carbocycles. The van der Waals surface area contributed by atoms with Crippen LogP contribution in [0.15, 0.2) is 30.5 Å². The lowest BCUT2D eigenvalue weighted by Crippen LogP contribution is -2.03. The van der Waals surface area contributed by atoms with E-state index in [9.17, 15) is 0 Å². The smallest absolute Gasteiger partial charge is 0.0743 e. The highest BCUT2D eigenvalue weighted by Crippen LogP contribution is 2.30. The van der Waals surface area contributed by atoms with Crippen LogP contribution in [0, 0.1) is 5.92 Å². The number of benzene rings is 1. The molecule has 1 fully saturated rings. The summed E-state index contributed by atoms with van der Waals surface area (Å²) in [5.74, 6) is 0.872. The van der Waals surface area contributed by atoms with E-state index in [2.05, 4.69) is 10.3 Å². The molecule has 0 spiro atoms. The molecule has 0 aliphatic heterocycles. The minimum absolute atomic E-state index is 0.763. The monoisotopic (exact) mass is 213 g/mol. The Kier molecular flexibility index (Phi) is 2.17. The van der Waals surface area contributed by atoms with Crippen molar-refractivity contribution >= 4 is 22.3 Å².